The van der Waals surface area contributed by atoms with E-state index in [0.29, 0.717) is 0 Å². The molecule has 1 aromatic rings. The smallest absolute Gasteiger partial charge is 0.229 e. The van der Waals surface area contributed by atoms with Crippen LogP contribution in [0, 0.1) is 11.6 Å². The first-order chi connectivity index (χ1) is 7.23. The average Bonchev–Trinajstić information content (AvgIpc) is 2.17. The van der Waals surface area contributed by atoms with E-state index >= 15 is 0 Å². The van der Waals surface area contributed by atoms with Gasteiger partial charge in [0.25, 0.3) is 0 Å². The summed E-state index contributed by atoms with van der Waals surface area (Å²) in [6.45, 7) is 0. The van der Waals surface area contributed by atoms with Gasteiger partial charge < -0.3 is 0 Å². The van der Waals surface area contributed by atoms with E-state index in [1.54, 1.807) is 0 Å². The van der Waals surface area contributed by atoms with Crippen LogP contribution in [0.2, 0.25) is 5.02 Å². The quantitative estimate of drug-likeness (QED) is 0.409. The van der Waals surface area contributed by atoms with Gasteiger partial charge in [-0.2, -0.15) is 13.2 Å². The molecular formula is C8H2Cl2F5N. The van der Waals surface area contributed by atoms with Crippen molar-refractivity contribution in [2.75, 3.05) is 0 Å². The molecule has 0 amide bonds. The molecule has 0 aliphatic carbocycles. The molecule has 1 rings (SSSR count). The Morgan fingerprint density at radius 1 is 1.12 bits per heavy atom. The summed E-state index contributed by atoms with van der Waals surface area (Å²) in [5, 5.41) is -2.35. The summed E-state index contributed by atoms with van der Waals surface area (Å²) in [6.07, 6.45) is -4.91. The molecule has 88 valence electrons. The van der Waals surface area contributed by atoms with Gasteiger partial charge in [-0.3, -0.25) is 0 Å². The van der Waals surface area contributed by atoms with Crippen molar-refractivity contribution in [3.63, 3.8) is 0 Å². The minimum atomic E-state index is -4.91. The van der Waals surface area contributed by atoms with Gasteiger partial charge in [0.1, 0.15) is 5.69 Å². The number of alkyl halides is 3. The van der Waals surface area contributed by atoms with Gasteiger partial charge in [0.2, 0.25) is 5.17 Å². The van der Waals surface area contributed by atoms with Crippen molar-refractivity contribution in [3.8, 4) is 0 Å². The second-order valence-corrected chi connectivity index (χ2v) is 3.36. The molecule has 8 heteroatoms. The Morgan fingerprint density at radius 2 is 1.69 bits per heavy atom. The van der Waals surface area contributed by atoms with Gasteiger partial charge in [0.05, 0.1) is 5.02 Å². The number of halogens is 7. The molecule has 0 saturated heterocycles. The molecule has 0 bridgehead atoms. The number of benzene rings is 1. The fourth-order valence-corrected chi connectivity index (χ4v) is 1.01. The van der Waals surface area contributed by atoms with Crippen molar-refractivity contribution < 1.29 is 22.0 Å². The van der Waals surface area contributed by atoms with Crippen LogP contribution in [0.25, 0.3) is 0 Å². The second kappa shape index (κ2) is 4.55. The molecule has 0 fully saturated rings. The molecule has 0 unspecified atom stereocenters. The van der Waals surface area contributed by atoms with Crippen LogP contribution in [0.5, 0.6) is 0 Å². The van der Waals surface area contributed by atoms with E-state index < -0.39 is 33.7 Å². The van der Waals surface area contributed by atoms with Crippen LogP contribution in [-0.2, 0) is 0 Å². The minimum Gasteiger partial charge on any atom is -0.229 e. The number of hydrogen-bond acceptors (Lipinski definition) is 1. The van der Waals surface area contributed by atoms with Gasteiger partial charge in [0, 0.05) is 0 Å². The van der Waals surface area contributed by atoms with Crippen LogP contribution in [0.4, 0.5) is 27.6 Å². The molecular weight excluding hydrogens is 276 g/mol. The molecule has 0 N–H and O–H groups in total. The SMILES string of the molecule is Fc1c(Cl)ccc(N=C(Cl)C(F)(F)F)c1F. The first-order valence-electron chi connectivity index (χ1n) is 3.68. The summed E-state index contributed by atoms with van der Waals surface area (Å²) in [5.74, 6) is -3.07. The monoisotopic (exact) mass is 277 g/mol. The van der Waals surface area contributed by atoms with Crippen molar-refractivity contribution in [2.45, 2.75) is 6.18 Å². The average molecular weight is 278 g/mol. The highest BCUT2D eigenvalue weighted by molar-refractivity contribution is 6.67. The molecule has 0 spiro atoms. The topological polar surface area (TPSA) is 12.4 Å². The lowest BCUT2D eigenvalue weighted by Crippen LogP contribution is -2.16. The summed E-state index contributed by atoms with van der Waals surface area (Å²) >= 11 is 9.95. The van der Waals surface area contributed by atoms with E-state index in [1.165, 1.54) is 0 Å². The molecule has 0 aliphatic heterocycles. The molecule has 0 aromatic heterocycles. The highest BCUT2D eigenvalue weighted by Gasteiger charge is 2.34. The first-order valence-corrected chi connectivity index (χ1v) is 4.44. The Morgan fingerprint density at radius 3 is 2.19 bits per heavy atom. The van der Waals surface area contributed by atoms with Crippen LogP contribution in [0.15, 0.2) is 17.1 Å². The van der Waals surface area contributed by atoms with Gasteiger partial charge >= 0.3 is 6.18 Å². The van der Waals surface area contributed by atoms with Gasteiger partial charge in [-0.15, -0.1) is 0 Å². The number of nitrogens with zero attached hydrogens (tertiary/aromatic N) is 1. The number of aliphatic imine (C=N–C) groups is 1. The van der Waals surface area contributed by atoms with Gasteiger partial charge in [-0.05, 0) is 12.1 Å². The lowest BCUT2D eigenvalue weighted by molar-refractivity contribution is -0.0558. The van der Waals surface area contributed by atoms with Gasteiger partial charge in [-0.25, -0.2) is 13.8 Å². The van der Waals surface area contributed by atoms with Crippen LogP contribution >= 0.6 is 23.2 Å². The van der Waals surface area contributed by atoms with E-state index in [1.807, 2.05) is 0 Å². The predicted molar refractivity (Wildman–Crippen MR) is 50.4 cm³/mol. The highest BCUT2D eigenvalue weighted by atomic mass is 35.5. The van der Waals surface area contributed by atoms with Crippen LogP contribution in [0.1, 0.15) is 0 Å². The highest BCUT2D eigenvalue weighted by Crippen LogP contribution is 2.29. The molecule has 0 atom stereocenters. The number of rotatable bonds is 1. The summed E-state index contributed by atoms with van der Waals surface area (Å²) in [6, 6.07) is 1.66. The summed E-state index contributed by atoms with van der Waals surface area (Å²) in [4.78, 5) is 2.72. The normalized spacial score (nSPS) is 13.1. The van der Waals surface area contributed by atoms with Crippen LogP contribution in [0.3, 0.4) is 0 Å². The first kappa shape index (κ1) is 13.2. The van der Waals surface area contributed by atoms with E-state index in [9.17, 15) is 22.0 Å². The third-order valence-corrected chi connectivity index (χ3v) is 2.06. The maximum absolute atomic E-state index is 13.0. The number of hydrogen-bond donors (Lipinski definition) is 0. The molecule has 16 heavy (non-hydrogen) atoms. The molecule has 1 nitrogen and oxygen atoms in total. The van der Waals surface area contributed by atoms with Crippen molar-refractivity contribution >= 4 is 34.1 Å². The maximum atomic E-state index is 13.0. The fraction of sp³-hybridized carbons (Fsp3) is 0.125. The largest absolute Gasteiger partial charge is 0.444 e. The lowest BCUT2D eigenvalue weighted by atomic mass is 10.3. The zero-order chi connectivity index (χ0) is 12.5. The summed E-state index contributed by atoms with van der Waals surface area (Å²) in [5.41, 5.74) is -0.871. The third-order valence-electron chi connectivity index (χ3n) is 1.47. The summed E-state index contributed by atoms with van der Waals surface area (Å²) < 4.78 is 61.7. The second-order valence-electron chi connectivity index (χ2n) is 2.59. The van der Waals surface area contributed by atoms with Crippen molar-refractivity contribution in [1.29, 1.82) is 0 Å². The van der Waals surface area contributed by atoms with Crippen molar-refractivity contribution in [3.05, 3.63) is 28.8 Å². The van der Waals surface area contributed by atoms with Crippen LogP contribution < -0.4 is 0 Å². The molecule has 0 radical (unpaired) electrons. The zero-order valence-electron chi connectivity index (χ0n) is 7.25. The minimum absolute atomic E-state index is 0.556. The van der Waals surface area contributed by atoms with E-state index in [0.717, 1.165) is 12.1 Å². The third kappa shape index (κ3) is 2.82. The maximum Gasteiger partial charge on any atom is 0.444 e. The van der Waals surface area contributed by atoms with Gasteiger partial charge in [0.15, 0.2) is 11.6 Å². The Hall–Kier alpha value is -0.880. The standard InChI is InChI=1S/C8H2Cl2F5N/c9-3-1-2-4(6(12)5(3)11)16-7(10)8(13,14)15/h1-2H. The van der Waals surface area contributed by atoms with E-state index in [4.69, 9.17) is 23.2 Å². The predicted octanol–water partition coefficient (Wildman–Crippen LogP) is 4.45. The van der Waals surface area contributed by atoms with E-state index in [2.05, 4.69) is 4.99 Å². The Kier molecular flexibility index (Phi) is 3.75. The van der Waals surface area contributed by atoms with Gasteiger partial charge in [-0.1, -0.05) is 23.2 Å². The van der Waals surface area contributed by atoms with E-state index in [-0.39, 0.29) is 0 Å². The molecule has 0 aliphatic rings. The summed E-state index contributed by atoms with van der Waals surface area (Å²) in [7, 11) is 0. The Balaban J connectivity index is 3.22. The molecule has 0 saturated carbocycles. The van der Waals surface area contributed by atoms with Crippen LogP contribution in [-0.4, -0.2) is 11.3 Å². The zero-order valence-corrected chi connectivity index (χ0v) is 8.76. The molecule has 1 aromatic carbocycles. The Labute approximate surface area is 96.5 Å². The fourth-order valence-electron chi connectivity index (χ4n) is 0.771. The Bertz CT molecular complexity index is 441. The van der Waals surface area contributed by atoms with Crippen molar-refractivity contribution in [1.82, 2.24) is 0 Å². The molecule has 0 heterocycles. The van der Waals surface area contributed by atoms with Crippen molar-refractivity contribution in [2.24, 2.45) is 4.99 Å². The lowest BCUT2D eigenvalue weighted by Gasteiger charge is -2.04.